The molecule has 3 nitrogen and oxygen atoms in total. The van der Waals surface area contributed by atoms with E-state index >= 15 is 0 Å². The first-order valence-electron chi connectivity index (χ1n) is 7.42. The minimum atomic E-state index is -0.496. The Morgan fingerprint density at radius 3 is 2.95 bits per heavy atom. The molecule has 0 saturated carbocycles. The van der Waals surface area contributed by atoms with Gasteiger partial charge in [-0.2, -0.15) is 0 Å². The maximum absolute atomic E-state index is 10.1. The second kappa shape index (κ2) is 6.90. The number of likely N-dealkylation sites (tertiary alicyclic amines) is 1. The summed E-state index contributed by atoms with van der Waals surface area (Å²) in [6, 6.07) is 7.82. The Kier molecular flexibility index (Phi) is 5.44. The molecular formula is C16H25ClN2O. The quantitative estimate of drug-likeness (QED) is 0.898. The zero-order valence-corrected chi connectivity index (χ0v) is 12.9. The van der Waals surface area contributed by atoms with Crippen molar-refractivity contribution < 1.29 is 5.11 Å². The van der Waals surface area contributed by atoms with Crippen LogP contribution in [0.5, 0.6) is 0 Å². The maximum Gasteiger partial charge on any atom is 0.0632 e. The van der Waals surface area contributed by atoms with Crippen LogP contribution in [0.3, 0.4) is 0 Å². The number of aliphatic hydroxyl groups is 1. The van der Waals surface area contributed by atoms with Crippen LogP contribution in [-0.2, 0) is 0 Å². The van der Waals surface area contributed by atoms with Crippen LogP contribution in [0, 0.1) is 0 Å². The molecule has 20 heavy (non-hydrogen) atoms. The predicted molar refractivity (Wildman–Crippen MR) is 83.9 cm³/mol. The predicted octanol–water partition coefficient (Wildman–Crippen LogP) is 2.97. The SMILES string of the molecule is CC1(O)CCCN(CCC(N)c2cccc(Cl)c2)CC1. The van der Waals surface area contributed by atoms with Crippen LogP contribution in [0.2, 0.25) is 5.02 Å². The van der Waals surface area contributed by atoms with Crippen molar-refractivity contribution in [2.45, 2.75) is 44.2 Å². The van der Waals surface area contributed by atoms with Gasteiger partial charge in [0.2, 0.25) is 0 Å². The van der Waals surface area contributed by atoms with E-state index in [1.54, 1.807) is 0 Å². The first kappa shape index (κ1) is 15.8. The molecule has 0 spiro atoms. The maximum atomic E-state index is 10.1. The fourth-order valence-electron chi connectivity index (χ4n) is 2.77. The van der Waals surface area contributed by atoms with Gasteiger partial charge in [-0.1, -0.05) is 23.7 Å². The molecule has 2 atom stereocenters. The Morgan fingerprint density at radius 1 is 1.40 bits per heavy atom. The summed E-state index contributed by atoms with van der Waals surface area (Å²) < 4.78 is 0. The molecule has 1 aromatic rings. The Bertz CT molecular complexity index is 436. The van der Waals surface area contributed by atoms with Crippen LogP contribution in [-0.4, -0.2) is 35.2 Å². The molecular weight excluding hydrogens is 272 g/mol. The molecule has 112 valence electrons. The van der Waals surface area contributed by atoms with Gasteiger partial charge in [-0.15, -0.1) is 0 Å². The van der Waals surface area contributed by atoms with Crippen LogP contribution in [0.15, 0.2) is 24.3 Å². The average molecular weight is 297 g/mol. The molecule has 4 heteroatoms. The Labute approximate surface area is 126 Å². The van der Waals surface area contributed by atoms with Gasteiger partial charge >= 0.3 is 0 Å². The summed E-state index contributed by atoms with van der Waals surface area (Å²) in [6.07, 6.45) is 3.71. The van der Waals surface area contributed by atoms with Crippen LogP contribution >= 0.6 is 11.6 Å². The molecule has 2 rings (SSSR count). The molecule has 1 aliphatic heterocycles. The largest absolute Gasteiger partial charge is 0.390 e. The van der Waals surface area contributed by atoms with Crippen molar-refractivity contribution in [1.82, 2.24) is 4.90 Å². The Hall–Kier alpha value is -0.610. The fourth-order valence-corrected chi connectivity index (χ4v) is 2.97. The summed E-state index contributed by atoms with van der Waals surface area (Å²) in [5.41, 5.74) is 6.84. The van der Waals surface area contributed by atoms with E-state index in [0.717, 1.165) is 55.9 Å². The van der Waals surface area contributed by atoms with Gasteiger partial charge in [0.15, 0.2) is 0 Å². The highest BCUT2D eigenvalue weighted by Crippen LogP contribution is 2.23. The summed E-state index contributed by atoms with van der Waals surface area (Å²) in [7, 11) is 0. The van der Waals surface area contributed by atoms with Crippen LogP contribution < -0.4 is 5.73 Å². The van der Waals surface area contributed by atoms with Crippen LogP contribution in [0.4, 0.5) is 0 Å². The van der Waals surface area contributed by atoms with Crippen molar-refractivity contribution in [3.63, 3.8) is 0 Å². The number of rotatable bonds is 4. The monoisotopic (exact) mass is 296 g/mol. The average Bonchev–Trinajstić information content (AvgIpc) is 2.57. The molecule has 2 unspecified atom stereocenters. The standard InChI is InChI=1S/C16H25ClN2O/c1-16(20)7-3-9-19(11-8-16)10-6-15(18)13-4-2-5-14(17)12-13/h2,4-5,12,15,20H,3,6-11,18H2,1H3. The van der Waals surface area contributed by atoms with Crippen molar-refractivity contribution >= 4 is 11.6 Å². The Morgan fingerprint density at radius 2 is 2.20 bits per heavy atom. The lowest BCUT2D eigenvalue weighted by molar-refractivity contribution is 0.0446. The highest BCUT2D eigenvalue weighted by molar-refractivity contribution is 6.30. The van der Waals surface area contributed by atoms with Crippen molar-refractivity contribution in [3.05, 3.63) is 34.9 Å². The molecule has 1 heterocycles. The minimum absolute atomic E-state index is 0.0254. The Balaban J connectivity index is 1.83. The lowest BCUT2D eigenvalue weighted by Gasteiger charge is -2.23. The third-order valence-corrected chi connectivity index (χ3v) is 4.42. The molecule has 0 aromatic heterocycles. The lowest BCUT2D eigenvalue weighted by Crippen LogP contribution is -2.30. The van der Waals surface area contributed by atoms with Gasteiger partial charge in [0, 0.05) is 17.6 Å². The molecule has 1 fully saturated rings. The third kappa shape index (κ3) is 4.74. The topological polar surface area (TPSA) is 49.5 Å². The van der Waals surface area contributed by atoms with E-state index < -0.39 is 5.60 Å². The first-order chi connectivity index (χ1) is 9.46. The zero-order valence-electron chi connectivity index (χ0n) is 12.2. The zero-order chi connectivity index (χ0) is 14.6. The third-order valence-electron chi connectivity index (χ3n) is 4.19. The van der Waals surface area contributed by atoms with Gasteiger partial charge in [-0.05, 0) is 63.4 Å². The number of nitrogens with two attached hydrogens (primary N) is 1. The lowest BCUT2D eigenvalue weighted by atomic mass is 9.98. The fraction of sp³-hybridized carbons (Fsp3) is 0.625. The van der Waals surface area contributed by atoms with Gasteiger partial charge in [0.05, 0.1) is 5.60 Å². The molecule has 0 amide bonds. The number of hydrogen-bond acceptors (Lipinski definition) is 3. The summed E-state index contributed by atoms with van der Waals surface area (Å²) in [5, 5.41) is 10.8. The molecule has 1 saturated heterocycles. The molecule has 1 aromatic carbocycles. The van der Waals surface area contributed by atoms with Crippen molar-refractivity contribution in [2.75, 3.05) is 19.6 Å². The molecule has 3 N–H and O–H groups in total. The molecule has 0 radical (unpaired) electrons. The van der Waals surface area contributed by atoms with Gasteiger partial charge in [0.25, 0.3) is 0 Å². The number of halogens is 1. The van der Waals surface area contributed by atoms with E-state index in [0.29, 0.717) is 0 Å². The van der Waals surface area contributed by atoms with E-state index in [9.17, 15) is 5.11 Å². The highest BCUT2D eigenvalue weighted by atomic mass is 35.5. The van der Waals surface area contributed by atoms with E-state index in [1.807, 2.05) is 31.2 Å². The van der Waals surface area contributed by atoms with E-state index in [1.165, 1.54) is 0 Å². The van der Waals surface area contributed by atoms with E-state index in [2.05, 4.69) is 4.90 Å². The summed E-state index contributed by atoms with van der Waals surface area (Å²) in [6.45, 7) is 4.92. The molecule has 1 aliphatic rings. The number of benzene rings is 1. The highest BCUT2D eigenvalue weighted by Gasteiger charge is 2.24. The summed E-state index contributed by atoms with van der Waals surface area (Å²) >= 11 is 6.00. The summed E-state index contributed by atoms with van der Waals surface area (Å²) in [5.74, 6) is 0. The normalized spacial score (nSPS) is 26.2. The van der Waals surface area contributed by atoms with Crippen LogP contribution in [0.25, 0.3) is 0 Å². The van der Waals surface area contributed by atoms with Gasteiger partial charge in [-0.25, -0.2) is 0 Å². The van der Waals surface area contributed by atoms with E-state index in [4.69, 9.17) is 17.3 Å². The number of nitrogens with zero attached hydrogens (tertiary/aromatic N) is 1. The summed E-state index contributed by atoms with van der Waals surface area (Å²) in [4.78, 5) is 2.41. The van der Waals surface area contributed by atoms with Gasteiger partial charge < -0.3 is 15.7 Å². The van der Waals surface area contributed by atoms with Crippen LogP contribution in [0.1, 0.15) is 44.2 Å². The first-order valence-corrected chi connectivity index (χ1v) is 7.80. The van der Waals surface area contributed by atoms with E-state index in [-0.39, 0.29) is 6.04 Å². The second-order valence-electron chi connectivity index (χ2n) is 6.14. The smallest absolute Gasteiger partial charge is 0.0632 e. The van der Waals surface area contributed by atoms with Crippen molar-refractivity contribution in [1.29, 1.82) is 0 Å². The molecule has 0 bridgehead atoms. The van der Waals surface area contributed by atoms with Gasteiger partial charge in [0.1, 0.15) is 0 Å². The van der Waals surface area contributed by atoms with Crippen molar-refractivity contribution in [3.8, 4) is 0 Å². The van der Waals surface area contributed by atoms with Crippen molar-refractivity contribution in [2.24, 2.45) is 5.73 Å². The second-order valence-corrected chi connectivity index (χ2v) is 6.58. The molecule has 0 aliphatic carbocycles. The minimum Gasteiger partial charge on any atom is -0.390 e. The van der Waals surface area contributed by atoms with Gasteiger partial charge in [-0.3, -0.25) is 0 Å². The number of hydrogen-bond donors (Lipinski definition) is 2.